The van der Waals surface area contributed by atoms with Crippen LogP contribution in [0.4, 0.5) is 0 Å². The van der Waals surface area contributed by atoms with Crippen molar-refractivity contribution in [3.8, 4) is 0 Å². The Bertz CT molecular complexity index is 813. The molecule has 0 radical (unpaired) electrons. The number of hydrogen-bond acceptors (Lipinski definition) is 4. The number of nitrogens with zero attached hydrogens (tertiary/aromatic N) is 1. The molecule has 0 spiro atoms. The van der Waals surface area contributed by atoms with Gasteiger partial charge < -0.3 is 9.64 Å². The van der Waals surface area contributed by atoms with E-state index in [0.29, 0.717) is 43.7 Å². The summed E-state index contributed by atoms with van der Waals surface area (Å²) in [5.41, 5.74) is 0. The second-order valence-corrected chi connectivity index (χ2v) is 15.7. The van der Waals surface area contributed by atoms with Crippen molar-refractivity contribution in [3.63, 3.8) is 0 Å². The number of carbonyl (C=O) groups excluding carboxylic acids is 3. The number of esters is 1. The summed E-state index contributed by atoms with van der Waals surface area (Å²) < 4.78 is 5.82. The van der Waals surface area contributed by atoms with Crippen LogP contribution in [0.1, 0.15) is 221 Å². The molecule has 0 heterocycles. The third-order valence-electron chi connectivity index (χ3n) is 11.2. The smallest absolute Gasteiger partial charge is 0.307 e. The molecule has 5 nitrogen and oxygen atoms in total. The summed E-state index contributed by atoms with van der Waals surface area (Å²) in [6.45, 7) is 12.6. The van der Waals surface area contributed by atoms with Gasteiger partial charge in [0.1, 0.15) is 5.78 Å². The van der Waals surface area contributed by atoms with Crippen molar-refractivity contribution in [1.29, 1.82) is 0 Å². The normalized spacial score (nSPS) is 16.8. The van der Waals surface area contributed by atoms with E-state index in [9.17, 15) is 14.4 Å². The van der Waals surface area contributed by atoms with Crippen LogP contribution in [0.15, 0.2) is 0 Å². The molecule has 4 unspecified atom stereocenters. The van der Waals surface area contributed by atoms with Crippen molar-refractivity contribution in [2.45, 2.75) is 221 Å². The van der Waals surface area contributed by atoms with E-state index in [1.165, 1.54) is 128 Å². The highest BCUT2D eigenvalue weighted by molar-refractivity contribution is 5.86. The van der Waals surface area contributed by atoms with Crippen molar-refractivity contribution < 1.29 is 19.1 Å². The molecular weight excluding hydrogens is 606 g/mol. The van der Waals surface area contributed by atoms with E-state index >= 15 is 0 Å². The molecule has 1 aliphatic carbocycles. The zero-order chi connectivity index (χ0) is 36.0. The minimum atomic E-state index is -0.168. The lowest BCUT2D eigenvalue weighted by Gasteiger charge is -2.22. The average Bonchev–Trinajstić information content (AvgIpc) is 3.89. The summed E-state index contributed by atoms with van der Waals surface area (Å²) in [4.78, 5) is 41.0. The van der Waals surface area contributed by atoms with Gasteiger partial charge >= 0.3 is 5.97 Å². The van der Waals surface area contributed by atoms with Gasteiger partial charge in [0.2, 0.25) is 5.91 Å². The predicted molar refractivity (Wildman–Crippen MR) is 209 cm³/mol. The molecule has 0 aliphatic heterocycles. The van der Waals surface area contributed by atoms with Crippen molar-refractivity contribution in [2.24, 2.45) is 23.7 Å². The number of ether oxygens (including phenoxy) is 1. The van der Waals surface area contributed by atoms with Gasteiger partial charge in [0.25, 0.3) is 0 Å². The Morgan fingerprint density at radius 2 is 1.06 bits per heavy atom. The maximum atomic E-state index is 13.6. The van der Waals surface area contributed by atoms with Crippen LogP contribution in [0.2, 0.25) is 0 Å². The van der Waals surface area contributed by atoms with E-state index in [1.807, 2.05) is 11.8 Å². The minimum absolute atomic E-state index is 0.110. The molecular formula is C44H83NO4. The molecule has 0 aromatic carbocycles. The number of amides is 1. The Balaban J connectivity index is 2.49. The van der Waals surface area contributed by atoms with Crippen LogP contribution in [0.5, 0.6) is 0 Å². The first-order chi connectivity index (χ1) is 23.9. The summed E-state index contributed by atoms with van der Waals surface area (Å²) in [6.07, 6.45) is 33.5. The van der Waals surface area contributed by atoms with Crippen LogP contribution < -0.4 is 0 Å². The van der Waals surface area contributed by atoms with Crippen molar-refractivity contribution in [3.05, 3.63) is 0 Å². The molecule has 0 aromatic heterocycles. The lowest BCUT2D eigenvalue weighted by atomic mass is 9.88. The fourth-order valence-electron chi connectivity index (χ4n) is 7.66. The summed E-state index contributed by atoms with van der Waals surface area (Å²) in [5, 5.41) is 0. The molecule has 0 saturated heterocycles. The van der Waals surface area contributed by atoms with Crippen LogP contribution >= 0.6 is 0 Å². The molecule has 1 rings (SSSR count). The van der Waals surface area contributed by atoms with Gasteiger partial charge in [-0.3, -0.25) is 14.4 Å². The Morgan fingerprint density at radius 1 is 0.592 bits per heavy atom. The van der Waals surface area contributed by atoms with Gasteiger partial charge in [-0.15, -0.1) is 0 Å². The highest BCUT2D eigenvalue weighted by Crippen LogP contribution is 2.45. The molecule has 1 saturated carbocycles. The molecule has 0 bridgehead atoms. The van der Waals surface area contributed by atoms with E-state index < -0.39 is 0 Å². The van der Waals surface area contributed by atoms with Crippen molar-refractivity contribution in [2.75, 3.05) is 19.7 Å². The van der Waals surface area contributed by atoms with E-state index in [4.69, 9.17) is 4.74 Å². The standard InChI is InChI=1S/C44H83NO4/c1-6-11-15-19-21-24-29-38(28-23-17-13-8-3)37-49-43(47)33-35-45(42(46)10-5)34-27-32-40-36-41(40)44(48)39(30-25-18-14-9-4)31-26-22-20-16-12-7-2/h38-41H,6-37H2,1-5H3. The third kappa shape index (κ3) is 23.7. The Hall–Kier alpha value is -1.39. The summed E-state index contributed by atoms with van der Waals surface area (Å²) in [5.74, 6) is 1.92. The number of carbonyl (C=O) groups is 3. The number of unbranched alkanes of at least 4 members (excludes halogenated alkanes) is 16. The first-order valence-corrected chi connectivity index (χ1v) is 21.9. The predicted octanol–water partition coefficient (Wildman–Crippen LogP) is 12.8. The minimum Gasteiger partial charge on any atom is -0.465 e. The first kappa shape index (κ1) is 45.6. The van der Waals surface area contributed by atoms with E-state index in [1.54, 1.807) is 0 Å². The molecule has 0 aromatic rings. The van der Waals surface area contributed by atoms with Crippen LogP contribution in [0.25, 0.3) is 0 Å². The van der Waals surface area contributed by atoms with Gasteiger partial charge in [-0.25, -0.2) is 0 Å². The quantitative estimate of drug-likeness (QED) is 0.0485. The number of Topliss-reactive ketones (excluding diaryl/α,β-unsaturated/α-hetero) is 1. The van der Waals surface area contributed by atoms with Crippen molar-refractivity contribution >= 4 is 17.7 Å². The summed E-state index contributed by atoms with van der Waals surface area (Å²) >= 11 is 0. The van der Waals surface area contributed by atoms with Crippen LogP contribution in [0, 0.1) is 23.7 Å². The van der Waals surface area contributed by atoms with E-state index in [2.05, 4.69) is 27.7 Å². The van der Waals surface area contributed by atoms with Gasteiger partial charge in [-0.05, 0) is 56.8 Å². The molecule has 49 heavy (non-hydrogen) atoms. The van der Waals surface area contributed by atoms with Gasteiger partial charge in [0.05, 0.1) is 13.0 Å². The number of rotatable bonds is 36. The molecule has 1 aliphatic rings. The van der Waals surface area contributed by atoms with Gasteiger partial charge in [0, 0.05) is 31.3 Å². The van der Waals surface area contributed by atoms with E-state index in [0.717, 1.165) is 44.9 Å². The molecule has 1 fully saturated rings. The Morgan fingerprint density at radius 3 is 1.57 bits per heavy atom. The zero-order valence-electron chi connectivity index (χ0n) is 33.5. The average molecular weight is 690 g/mol. The second kappa shape index (κ2) is 31.4. The lowest BCUT2D eigenvalue weighted by molar-refractivity contribution is -0.146. The highest BCUT2D eigenvalue weighted by atomic mass is 16.5. The lowest BCUT2D eigenvalue weighted by Crippen LogP contribution is -2.34. The Kier molecular flexibility index (Phi) is 29.2. The largest absolute Gasteiger partial charge is 0.465 e. The fourth-order valence-corrected chi connectivity index (χ4v) is 7.66. The van der Waals surface area contributed by atoms with Gasteiger partial charge in [-0.1, -0.05) is 163 Å². The van der Waals surface area contributed by atoms with Crippen LogP contribution in [-0.4, -0.2) is 42.3 Å². The Labute approximate surface area is 305 Å². The number of ketones is 1. The maximum absolute atomic E-state index is 13.6. The second-order valence-electron chi connectivity index (χ2n) is 15.7. The molecule has 5 heteroatoms. The van der Waals surface area contributed by atoms with Crippen LogP contribution in [0.3, 0.4) is 0 Å². The monoisotopic (exact) mass is 690 g/mol. The molecule has 0 N–H and O–H groups in total. The maximum Gasteiger partial charge on any atom is 0.307 e. The zero-order valence-corrected chi connectivity index (χ0v) is 33.5. The number of hydrogen-bond donors (Lipinski definition) is 0. The third-order valence-corrected chi connectivity index (χ3v) is 11.2. The van der Waals surface area contributed by atoms with E-state index in [-0.39, 0.29) is 30.1 Å². The highest BCUT2D eigenvalue weighted by Gasteiger charge is 2.44. The van der Waals surface area contributed by atoms with Gasteiger partial charge in [0.15, 0.2) is 0 Å². The van der Waals surface area contributed by atoms with Crippen LogP contribution in [-0.2, 0) is 19.1 Å². The van der Waals surface area contributed by atoms with Gasteiger partial charge in [-0.2, -0.15) is 0 Å². The SMILES string of the molecule is CCCCCCCCC(CCCCCC)COC(=O)CCN(CCCC1CC1C(=O)C(CCCCCC)CCCCCCCC)C(=O)CC. The summed E-state index contributed by atoms with van der Waals surface area (Å²) in [7, 11) is 0. The molecule has 288 valence electrons. The molecule has 1 amide bonds. The van der Waals surface area contributed by atoms with Crippen molar-refractivity contribution in [1.82, 2.24) is 4.90 Å². The fraction of sp³-hybridized carbons (Fsp3) is 0.932. The first-order valence-electron chi connectivity index (χ1n) is 21.9. The topological polar surface area (TPSA) is 63.7 Å². The summed E-state index contributed by atoms with van der Waals surface area (Å²) in [6, 6.07) is 0. The molecule has 4 atom stereocenters.